The standard InChI is InChI=1S/C12H11N3.2Na.H2O6S2/c13-10-6-8-12(9-7-10)15-14-11-4-2-1-3-5-11;;;1-7(2,3)8(4,5)6/h1-9H,13H2;;;(H,1,2,3)(H,4,5,6)/q;2*+1;/p-2. The predicted octanol–water partition coefficient (Wildman–Crippen LogP) is -4.32. The molecular weight excluding hydrogens is 392 g/mol. The van der Waals surface area contributed by atoms with Crippen LogP contribution in [0.15, 0.2) is 64.8 Å². The monoisotopic (exact) mass is 403 g/mol. The van der Waals surface area contributed by atoms with Gasteiger partial charge < -0.3 is 14.8 Å². The number of rotatable bonds is 3. The molecule has 0 bridgehead atoms. The van der Waals surface area contributed by atoms with Crippen LogP contribution in [-0.2, 0) is 18.3 Å². The zero-order valence-electron chi connectivity index (χ0n) is 13.4. The molecule has 0 spiro atoms. The summed E-state index contributed by atoms with van der Waals surface area (Å²) < 4.78 is 55.2. The molecule has 124 valence electrons. The van der Waals surface area contributed by atoms with E-state index in [1.54, 1.807) is 12.1 Å². The molecule has 9 nitrogen and oxygen atoms in total. The molecule has 0 saturated heterocycles. The Morgan fingerprint density at radius 2 is 1.04 bits per heavy atom. The zero-order chi connectivity index (χ0) is 17.5. The fourth-order valence-electron chi connectivity index (χ4n) is 1.15. The van der Waals surface area contributed by atoms with Gasteiger partial charge in [-0.3, -0.25) is 0 Å². The molecule has 2 N–H and O–H groups in total. The maximum Gasteiger partial charge on any atom is 1.00 e. The van der Waals surface area contributed by atoms with Crippen LogP contribution in [0.5, 0.6) is 0 Å². The van der Waals surface area contributed by atoms with Gasteiger partial charge in [0, 0.05) is 5.69 Å². The molecule has 0 fully saturated rings. The maximum atomic E-state index is 9.20. The SMILES string of the molecule is Nc1ccc(N=Nc2ccccc2)cc1.O=S(=O)([O-])S(=O)(=O)[O-].[Na+].[Na+]. The van der Waals surface area contributed by atoms with Crippen LogP contribution in [0.25, 0.3) is 0 Å². The van der Waals surface area contributed by atoms with Gasteiger partial charge in [0.25, 0.3) is 0 Å². The zero-order valence-corrected chi connectivity index (χ0v) is 19.1. The smallest absolute Gasteiger partial charge is 0.736 e. The van der Waals surface area contributed by atoms with Crippen molar-refractivity contribution in [3.8, 4) is 0 Å². The number of hydrogen-bond donors (Lipinski definition) is 1. The third-order valence-electron chi connectivity index (χ3n) is 2.18. The number of anilines is 1. The van der Waals surface area contributed by atoms with Gasteiger partial charge in [-0.15, -0.1) is 0 Å². The molecule has 2 aromatic carbocycles. The Balaban J connectivity index is 0. The van der Waals surface area contributed by atoms with Crippen LogP contribution in [-0.4, -0.2) is 25.9 Å². The molecule has 0 saturated carbocycles. The summed E-state index contributed by atoms with van der Waals surface area (Å²) in [6.45, 7) is 0. The molecule has 0 heterocycles. The molecule has 0 aliphatic heterocycles. The number of nitrogen functional groups attached to an aromatic ring is 1. The molecule has 2 aromatic rings. The van der Waals surface area contributed by atoms with Gasteiger partial charge in [0.15, 0.2) is 18.3 Å². The molecule has 0 aliphatic rings. The summed E-state index contributed by atoms with van der Waals surface area (Å²) in [7, 11) is -11.3. The normalized spacial score (nSPS) is 10.8. The predicted molar refractivity (Wildman–Crippen MR) is 80.9 cm³/mol. The molecule has 0 aliphatic carbocycles. The second kappa shape index (κ2) is 12.1. The Kier molecular flexibility index (Phi) is 13.0. The van der Waals surface area contributed by atoms with E-state index in [4.69, 9.17) is 5.73 Å². The van der Waals surface area contributed by atoms with Crippen molar-refractivity contribution in [1.29, 1.82) is 0 Å². The van der Waals surface area contributed by atoms with Gasteiger partial charge in [-0.05, 0) is 36.4 Å². The van der Waals surface area contributed by atoms with Crippen molar-refractivity contribution in [3.05, 3.63) is 54.6 Å². The van der Waals surface area contributed by atoms with Crippen molar-refractivity contribution in [2.75, 3.05) is 5.73 Å². The van der Waals surface area contributed by atoms with Crippen molar-refractivity contribution in [3.63, 3.8) is 0 Å². The third kappa shape index (κ3) is 11.1. The molecule has 2 rings (SSSR count). The van der Waals surface area contributed by atoms with E-state index in [1.807, 2.05) is 42.5 Å². The Morgan fingerprint density at radius 3 is 1.40 bits per heavy atom. The largest absolute Gasteiger partial charge is 1.00 e. The van der Waals surface area contributed by atoms with Crippen molar-refractivity contribution in [2.45, 2.75) is 0 Å². The summed E-state index contributed by atoms with van der Waals surface area (Å²) in [4.78, 5) is 0. The van der Waals surface area contributed by atoms with Crippen LogP contribution < -0.4 is 64.8 Å². The molecule has 13 heteroatoms. The van der Waals surface area contributed by atoms with E-state index < -0.39 is 18.3 Å². The van der Waals surface area contributed by atoms with Crippen LogP contribution in [0.4, 0.5) is 17.1 Å². The molecule has 0 aromatic heterocycles. The summed E-state index contributed by atoms with van der Waals surface area (Å²) in [6, 6.07) is 16.9. The third-order valence-corrected chi connectivity index (χ3v) is 4.18. The van der Waals surface area contributed by atoms with Crippen LogP contribution >= 0.6 is 0 Å². The van der Waals surface area contributed by atoms with Gasteiger partial charge in [0.2, 0.25) is 0 Å². The molecule has 0 radical (unpaired) electrons. The Labute approximate surface area is 189 Å². The topological polar surface area (TPSA) is 165 Å². The van der Waals surface area contributed by atoms with Crippen LogP contribution in [0, 0.1) is 0 Å². The van der Waals surface area contributed by atoms with E-state index in [2.05, 4.69) is 10.2 Å². The summed E-state index contributed by atoms with van der Waals surface area (Å²) in [5.74, 6) is 0. The molecular formula is C12H11N3Na2O6S2. The minimum Gasteiger partial charge on any atom is -0.736 e. The van der Waals surface area contributed by atoms with E-state index >= 15 is 0 Å². The minimum atomic E-state index is -5.67. The molecule has 0 atom stereocenters. The quantitative estimate of drug-likeness (QED) is 0.178. The number of nitrogens with zero attached hydrogens (tertiary/aromatic N) is 2. The Morgan fingerprint density at radius 1 is 0.680 bits per heavy atom. The fraction of sp³-hybridized carbons (Fsp3) is 0. The molecule has 0 amide bonds. The fourth-order valence-corrected chi connectivity index (χ4v) is 1.15. The van der Waals surface area contributed by atoms with E-state index in [9.17, 15) is 25.9 Å². The van der Waals surface area contributed by atoms with Crippen molar-refractivity contribution >= 4 is 35.4 Å². The summed E-state index contributed by atoms with van der Waals surface area (Å²) in [5.41, 5.74) is 7.93. The summed E-state index contributed by atoms with van der Waals surface area (Å²) >= 11 is 0. The van der Waals surface area contributed by atoms with Crippen molar-refractivity contribution < 1.29 is 85.1 Å². The first-order valence-electron chi connectivity index (χ1n) is 5.83. The molecule has 0 unspecified atom stereocenters. The number of nitrogens with two attached hydrogens (primary N) is 1. The van der Waals surface area contributed by atoms with Crippen LogP contribution in [0.1, 0.15) is 0 Å². The second-order valence-corrected chi connectivity index (χ2v) is 8.03. The maximum absolute atomic E-state index is 9.20. The number of benzene rings is 2. The first-order chi connectivity index (χ1) is 10.6. The van der Waals surface area contributed by atoms with Gasteiger partial charge in [-0.2, -0.15) is 10.2 Å². The summed E-state index contributed by atoms with van der Waals surface area (Å²) in [6.07, 6.45) is 0. The average Bonchev–Trinajstić information content (AvgIpc) is 2.46. The number of hydrogen-bond acceptors (Lipinski definition) is 9. The van der Waals surface area contributed by atoms with Crippen LogP contribution in [0.3, 0.4) is 0 Å². The first-order valence-corrected chi connectivity index (χ1v) is 9.17. The van der Waals surface area contributed by atoms with E-state index in [0.717, 1.165) is 17.1 Å². The van der Waals surface area contributed by atoms with Gasteiger partial charge in [-0.25, -0.2) is 16.8 Å². The minimum absolute atomic E-state index is 0. The van der Waals surface area contributed by atoms with Gasteiger partial charge in [-0.1, -0.05) is 18.2 Å². The first kappa shape index (κ1) is 26.9. The van der Waals surface area contributed by atoms with Crippen LogP contribution in [0.2, 0.25) is 0 Å². The van der Waals surface area contributed by atoms with E-state index in [-0.39, 0.29) is 59.1 Å². The summed E-state index contributed by atoms with van der Waals surface area (Å²) in [5, 5.41) is 8.18. The second-order valence-electron chi connectivity index (χ2n) is 3.94. The van der Waals surface area contributed by atoms with Gasteiger partial charge in [0.1, 0.15) is 0 Å². The average molecular weight is 403 g/mol. The van der Waals surface area contributed by atoms with Gasteiger partial charge >= 0.3 is 59.1 Å². The van der Waals surface area contributed by atoms with Crippen molar-refractivity contribution in [2.24, 2.45) is 10.2 Å². The Bertz CT molecular complexity index is 843. The van der Waals surface area contributed by atoms with Crippen molar-refractivity contribution in [1.82, 2.24) is 0 Å². The van der Waals surface area contributed by atoms with Gasteiger partial charge in [0.05, 0.1) is 11.4 Å². The van der Waals surface area contributed by atoms with E-state index in [0.29, 0.717) is 0 Å². The van der Waals surface area contributed by atoms with E-state index in [1.165, 1.54) is 0 Å². The Hall–Kier alpha value is -0.340. The number of azo groups is 1. The molecule has 25 heavy (non-hydrogen) atoms.